The van der Waals surface area contributed by atoms with Gasteiger partial charge in [0.2, 0.25) is 0 Å². The van der Waals surface area contributed by atoms with Crippen LogP contribution < -0.4 is 5.32 Å². The summed E-state index contributed by atoms with van der Waals surface area (Å²) in [6.45, 7) is 8.40. The van der Waals surface area contributed by atoms with Crippen LogP contribution in [0.25, 0.3) is 0 Å². The molecule has 0 bridgehead atoms. The number of phenols is 2. The van der Waals surface area contributed by atoms with Crippen molar-refractivity contribution in [2.45, 2.75) is 19.9 Å². The van der Waals surface area contributed by atoms with E-state index in [1.807, 2.05) is 13.8 Å². The summed E-state index contributed by atoms with van der Waals surface area (Å²) in [6, 6.07) is 4.64. The molecule has 15 heavy (non-hydrogen) atoms. The van der Waals surface area contributed by atoms with Crippen molar-refractivity contribution in [1.82, 2.24) is 5.32 Å². The van der Waals surface area contributed by atoms with Crippen LogP contribution in [0.15, 0.2) is 30.4 Å². The van der Waals surface area contributed by atoms with E-state index in [1.165, 1.54) is 6.07 Å². The highest BCUT2D eigenvalue weighted by atomic mass is 16.3. The molecule has 0 saturated heterocycles. The molecule has 1 aromatic carbocycles. The molecule has 0 aliphatic rings. The Kier molecular flexibility index (Phi) is 3.74. The predicted octanol–water partition coefficient (Wildman–Crippen LogP) is 2.32. The standard InChI is InChI=1S/C12H17NO2/c1-8(2)7-13-9(3)11-5-4-10(14)6-12(11)15/h4-6,9,13-15H,1,7H2,2-3H3. The quantitative estimate of drug-likeness (QED) is 0.664. The molecular formula is C12H17NO2. The maximum atomic E-state index is 9.60. The van der Waals surface area contributed by atoms with Crippen LogP contribution in [-0.4, -0.2) is 16.8 Å². The molecule has 0 aliphatic carbocycles. The highest BCUT2D eigenvalue weighted by Crippen LogP contribution is 2.27. The van der Waals surface area contributed by atoms with E-state index in [0.29, 0.717) is 6.54 Å². The van der Waals surface area contributed by atoms with E-state index in [-0.39, 0.29) is 17.5 Å². The maximum absolute atomic E-state index is 9.60. The Balaban J connectivity index is 2.73. The monoisotopic (exact) mass is 207 g/mol. The number of benzene rings is 1. The lowest BCUT2D eigenvalue weighted by Crippen LogP contribution is -2.20. The molecule has 0 saturated carbocycles. The average Bonchev–Trinajstić information content (AvgIpc) is 2.14. The molecule has 1 aromatic rings. The summed E-state index contributed by atoms with van der Waals surface area (Å²) in [4.78, 5) is 0. The summed E-state index contributed by atoms with van der Waals surface area (Å²) < 4.78 is 0. The Labute approximate surface area is 90.1 Å². The van der Waals surface area contributed by atoms with Gasteiger partial charge >= 0.3 is 0 Å². The molecular weight excluding hydrogens is 190 g/mol. The summed E-state index contributed by atoms with van der Waals surface area (Å²) in [5, 5.41) is 22.0. The van der Waals surface area contributed by atoms with Gasteiger partial charge in [-0.15, -0.1) is 0 Å². The molecule has 3 N–H and O–H groups in total. The smallest absolute Gasteiger partial charge is 0.124 e. The van der Waals surface area contributed by atoms with E-state index in [4.69, 9.17) is 5.11 Å². The second kappa shape index (κ2) is 4.84. The third-order valence-electron chi connectivity index (χ3n) is 2.19. The van der Waals surface area contributed by atoms with Gasteiger partial charge in [0.15, 0.2) is 0 Å². The molecule has 1 atom stereocenters. The second-order valence-corrected chi connectivity index (χ2v) is 3.80. The van der Waals surface area contributed by atoms with Crippen molar-refractivity contribution in [3.63, 3.8) is 0 Å². The van der Waals surface area contributed by atoms with Crippen LogP contribution in [0.3, 0.4) is 0 Å². The van der Waals surface area contributed by atoms with Crippen LogP contribution in [0.4, 0.5) is 0 Å². The highest BCUT2D eigenvalue weighted by Gasteiger charge is 2.09. The number of phenolic OH excluding ortho intramolecular Hbond substituents is 2. The van der Waals surface area contributed by atoms with Gasteiger partial charge in [-0.3, -0.25) is 0 Å². The van der Waals surface area contributed by atoms with E-state index in [0.717, 1.165) is 11.1 Å². The molecule has 0 aliphatic heterocycles. The van der Waals surface area contributed by atoms with Crippen LogP contribution in [-0.2, 0) is 0 Å². The molecule has 0 heterocycles. The average molecular weight is 207 g/mol. The Morgan fingerprint density at radius 2 is 2.13 bits per heavy atom. The van der Waals surface area contributed by atoms with Crippen molar-refractivity contribution in [3.05, 3.63) is 35.9 Å². The molecule has 1 rings (SSSR count). The summed E-state index contributed by atoms with van der Waals surface area (Å²) in [6.07, 6.45) is 0. The molecule has 0 spiro atoms. The van der Waals surface area contributed by atoms with Crippen LogP contribution in [0.1, 0.15) is 25.5 Å². The lowest BCUT2D eigenvalue weighted by Gasteiger charge is -2.15. The van der Waals surface area contributed by atoms with Gasteiger partial charge in [-0.1, -0.05) is 18.2 Å². The number of rotatable bonds is 4. The first-order valence-electron chi connectivity index (χ1n) is 4.90. The van der Waals surface area contributed by atoms with Gasteiger partial charge in [0.1, 0.15) is 11.5 Å². The highest BCUT2D eigenvalue weighted by molar-refractivity contribution is 5.40. The fourth-order valence-electron chi connectivity index (χ4n) is 1.34. The molecule has 0 aromatic heterocycles. The molecule has 1 unspecified atom stereocenters. The van der Waals surface area contributed by atoms with Crippen molar-refractivity contribution in [1.29, 1.82) is 0 Å². The van der Waals surface area contributed by atoms with Crippen LogP contribution >= 0.6 is 0 Å². The zero-order valence-corrected chi connectivity index (χ0v) is 9.12. The van der Waals surface area contributed by atoms with Gasteiger partial charge in [-0.2, -0.15) is 0 Å². The molecule has 3 nitrogen and oxygen atoms in total. The van der Waals surface area contributed by atoms with Crippen molar-refractivity contribution in [3.8, 4) is 11.5 Å². The first-order valence-corrected chi connectivity index (χ1v) is 4.90. The van der Waals surface area contributed by atoms with E-state index in [2.05, 4.69) is 11.9 Å². The number of nitrogens with one attached hydrogen (secondary N) is 1. The SMILES string of the molecule is C=C(C)CNC(C)c1ccc(O)cc1O. The topological polar surface area (TPSA) is 52.5 Å². The van der Waals surface area contributed by atoms with Crippen molar-refractivity contribution in [2.24, 2.45) is 0 Å². The van der Waals surface area contributed by atoms with Gasteiger partial charge in [0.25, 0.3) is 0 Å². The number of aromatic hydroxyl groups is 2. The van der Waals surface area contributed by atoms with Crippen LogP contribution in [0.5, 0.6) is 11.5 Å². The molecule has 0 fully saturated rings. The Morgan fingerprint density at radius 3 is 2.67 bits per heavy atom. The first kappa shape index (κ1) is 11.6. The molecule has 82 valence electrons. The maximum Gasteiger partial charge on any atom is 0.124 e. The van der Waals surface area contributed by atoms with E-state index >= 15 is 0 Å². The fourth-order valence-corrected chi connectivity index (χ4v) is 1.34. The zero-order valence-electron chi connectivity index (χ0n) is 9.12. The van der Waals surface area contributed by atoms with E-state index in [9.17, 15) is 5.11 Å². The Bertz CT molecular complexity index is 361. The first-order chi connectivity index (χ1) is 7.00. The minimum Gasteiger partial charge on any atom is -0.508 e. The van der Waals surface area contributed by atoms with Gasteiger partial charge in [0, 0.05) is 24.2 Å². The van der Waals surface area contributed by atoms with Crippen molar-refractivity contribution in [2.75, 3.05) is 6.54 Å². The summed E-state index contributed by atoms with van der Waals surface area (Å²) >= 11 is 0. The van der Waals surface area contributed by atoms with E-state index in [1.54, 1.807) is 12.1 Å². The third-order valence-corrected chi connectivity index (χ3v) is 2.19. The molecule has 3 heteroatoms. The van der Waals surface area contributed by atoms with Gasteiger partial charge in [-0.25, -0.2) is 0 Å². The summed E-state index contributed by atoms with van der Waals surface area (Å²) in [5.41, 5.74) is 1.81. The lowest BCUT2D eigenvalue weighted by atomic mass is 10.1. The Morgan fingerprint density at radius 1 is 1.47 bits per heavy atom. The zero-order chi connectivity index (χ0) is 11.4. The predicted molar refractivity (Wildman–Crippen MR) is 61.0 cm³/mol. The largest absolute Gasteiger partial charge is 0.508 e. The third kappa shape index (κ3) is 3.29. The minimum atomic E-state index is 0.0299. The normalized spacial score (nSPS) is 12.4. The Hall–Kier alpha value is -1.48. The van der Waals surface area contributed by atoms with Crippen LogP contribution in [0, 0.1) is 0 Å². The minimum absolute atomic E-state index is 0.0299. The van der Waals surface area contributed by atoms with Gasteiger partial charge in [-0.05, 0) is 19.9 Å². The molecule has 0 amide bonds. The number of hydrogen-bond acceptors (Lipinski definition) is 3. The summed E-state index contributed by atoms with van der Waals surface area (Å²) in [7, 11) is 0. The van der Waals surface area contributed by atoms with E-state index < -0.39 is 0 Å². The van der Waals surface area contributed by atoms with Crippen molar-refractivity contribution >= 4 is 0 Å². The summed E-state index contributed by atoms with van der Waals surface area (Å²) in [5.74, 6) is 0.181. The number of hydrogen-bond donors (Lipinski definition) is 3. The van der Waals surface area contributed by atoms with Gasteiger partial charge < -0.3 is 15.5 Å². The second-order valence-electron chi connectivity index (χ2n) is 3.80. The van der Waals surface area contributed by atoms with Gasteiger partial charge in [0.05, 0.1) is 0 Å². The molecule has 0 radical (unpaired) electrons. The van der Waals surface area contributed by atoms with Crippen LogP contribution in [0.2, 0.25) is 0 Å². The lowest BCUT2D eigenvalue weighted by molar-refractivity contribution is 0.438. The van der Waals surface area contributed by atoms with Crippen molar-refractivity contribution < 1.29 is 10.2 Å². The fraction of sp³-hybridized carbons (Fsp3) is 0.333.